The van der Waals surface area contributed by atoms with Crippen LogP contribution in [0.5, 0.6) is 0 Å². The molecule has 0 aliphatic carbocycles. The SMILES string of the molecule is CCCNCC(C)(C)CN1CCCC1CN(C)C. The van der Waals surface area contributed by atoms with E-state index in [1.54, 1.807) is 0 Å². The molecule has 1 rings (SSSR count). The summed E-state index contributed by atoms with van der Waals surface area (Å²) in [5.41, 5.74) is 0.379. The molecule has 0 spiro atoms. The van der Waals surface area contributed by atoms with Crippen LogP contribution in [0.2, 0.25) is 0 Å². The lowest BCUT2D eigenvalue weighted by molar-refractivity contribution is 0.143. The molecule has 1 saturated heterocycles. The Bertz CT molecular complexity index is 226. The van der Waals surface area contributed by atoms with Gasteiger partial charge >= 0.3 is 0 Å². The molecule has 18 heavy (non-hydrogen) atoms. The van der Waals surface area contributed by atoms with Crippen LogP contribution in [0.1, 0.15) is 40.0 Å². The van der Waals surface area contributed by atoms with Crippen molar-refractivity contribution in [1.82, 2.24) is 15.1 Å². The molecular weight excluding hydrogens is 222 g/mol. The molecular formula is C15H33N3. The zero-order valence-electron chi connectivity index (χ0n) is 13.1. The van der Waals surface area contributed by atoms with E-state index >= 15 is 0 Å². The first kappa shape index (κ1) is 15.9. The van der Waals surface area contributed by atoms with Gasteiger partial charge in [-0.1, -0.05) is 20.8 Å². The molecule has 1 heterocycles. The Kier molecular flexibility index (Phi) is 6.61. The third-order valence-electron chi connectivity index (χ3n) is 3.74. The molecule has 1 N–H and O–H groups in total. The molecule has 1 aliphatic heterocycles. The Morgan fingerprint density at radius 1 is 1.33 bits per heavy atom. The molecule has 0 radical (unpaired) electrons. The minimum Gasteiger partial charge on any atom is -0.316 e. The second-order valence-electron chi connectivity index (χ2n) is 6.87. The van der Waals surface area contributed by atoms with E-state index in [1.807, 2.05) is 0 Å². The molecule has 1 aliphatic rings. The maximum absolute atomic E-state index is 3.57. The number of nitrogens with one attached hydrogen (secondary N) is 1. The van der Waals surface area contributed by atoms with Crippen molar-refractivity contribution in [2.24, 2.45) is 5.41 Å². The fourth-order valence-electron chi connectivity index (χ4n) is 2.94. The first-order valence-corrected chi connectivity index (χ1v) is 7.54. The molecule has 108 valence electrons. The summed E-state index contributed by atoms with van der Waals surface area (Å²) in [5, 5.41) is 3.57. The van der Waals surface area contributed by atoms with Gasteiger partial charge in [-0.2, -0.15) is 0 Å². The van der Waals surface area contributed by atoms with Crippen LogP contribution in [-0.2, 0) is 0 Å². The number of likely N-dealkylation sites (N-methyl/N-ethyl adjacent to an activating group) is 1. The molecule has 1 atom stereocenters. The van der Waals surface area contributed by atoms with Crippen molar-refractivity contribution in [2.75, 3.05) is 46.8 Å². The van der Waals surface area contributed by atoms with Gasteiger partial charge in [0.25, 0.3) is 0 Å². The van der Waals surface area contributed by atoms with Crippen LogP contribution in [0.15, 0.2) is 0 Å². The third kappa shape index (κ3) is 5.68. The normalized spacial score (nSPS) is 22.0. The number of likely N-dealkylation sites (tertiary alicyclic amines) is 1. The van der Waals surface area contributed by atoms with Gasteiger partial charge in [-0.05, 0) is 51.9 Å². The molecule has 0 aromatic rings. The fraction of sp³-hybridized carbons (Fsp3) is 1.00. The molecule has 1 unspecified atom stereocenters. The maximum Gasteiger partial charge on any atom is 0.0223 e. The molecule has 0 saturated carbocycles. The first-order valence-electron chi connectivity index (χ1n) is 7.54. The van der Waals surface area contributed by atoms with E-state index in [2.05, 4.69) is 50.0 Å². The number of hydrogen-bond donors (Lipinski definition) is 1. The quantitative estimate of drug-likeness (QED) is 0.670. The van der Waals surface area contributed by atoms with E-state index in [4.69, 9.17) is 0 Å². The summed E-state index contributed by atoms with van der Waals surface area (Å²) in [5.74, 6) is 0. The van der Waals surface area contributed by atoms with Gasteiger partial charge in [0.15, 0.2) is 0 Å². The maximum atomic E-state index is 3.57. The van der Waals surface area contributed by atoms with Crippen molar-refractivity contribution >= 4 is 0 Å². The van der Waals surface area contributed by atoms with Crippen molar-refractivity contribution in [2.45, 2.75) is 46.1 Å². The standard InChI is InChI=1S/C15H33N3/c1-6-9-16-12-15(2,3)13-18-10-7-8-14(18)11-17(4)5/h14,16H,6-13H2,1-5H3. The predicted molar refractivity (Wildman–Crippen MR) is 80.1 cm³/mol. The zero-order chi connectivity index (χ0) is 13.6. The highest BCUT2D eigenvalue weighted by Crippen LogP contribution is 2.24. The highest BCUT2D eigenvalue weighted by molar-refractivity contribution is 4.86. The van der Waals surface area contributed by atoms with Crippen molar-refractivity contribution in [3.05, 3.63) is 0 Å². The summed E-state index contributed by atoms with van der Waals surface area (Å²) in [6.45, 7) is 13.0. The predicted octanol–water partition coefficient (Wildman–Crippen LogP) is 2.04. The van der Waals surface area contributed by atoms with Crippen LogP contribution in [0, 0.1) is 5.41 Å². The van der Waals surface area contributed by atoms with E-state index < -0.39 is 0 Å². The number of nitrogens with zero attached hydrogens (tertiary/aromatic N) is 2. The van der Waals surface area contributed by atoms with Gasteiger partial charge in [0.1, 0.15) is 0 Å². The van der Waals surface area contributed by atoms with E-state index in [9.17, 15) is 0 Å². The highest BCUT2D eigenvalue weighted by Gasteiger charge is 2.29. The molecule has 0 bridgehead atoms. The van der Waals surface area contributed by atoms with E-state index in [1.165, 1.54) is 38.9 Å². The number of rotatable bonds is 8. The summed E-state index contributed by atoms with van der Waals surface area (Å²) < 4.78 is 0. The highest BCUT2D eigenvalue weighted by atomic mass is 15.2. The molecule has 3 nitrogen and oxygen atoms in total. The Morgan fingerprint density at radius 3 is 2.67 bits per heavy atom. The van der Waals surface area contributed by atoms with E-state index in [-0.39, 0.29) is 0 Å². The molecule has 1 fully saturated rings. The van der Waals surface area contributed by atoms with Gasteiger partial charge in [-0.15, -0.1) is 0 Å². The van der Waals surface area contributed by atoms with Crippen LogP contribution in [0.4, 0.5) is 0 Å². The number of hydrogen-bond acceptors (Lipinski definition) is 3. The van der Waals surface area contributed by atoms with Crippen LogP contribution in [0.25, 0.3) is 0 Å². The summed E-state index contributed by atoms with van der Waals surface area (Å²) in [7, 11) is 4.37. The lowest BCUT2D eigenvalue weighted by atomic mass is 9.92. The first-order chi connectivity index (χ1) is 8.44. The largest absolute Gasteiger partial charge is 0.316 e. The van der Waals surface area contributed by atoms with Crippen LogP contribution >= 0.6 is 0 Å². The average molecular weight is 255 g/mol. The summed E-state index contributed by atoms with van der Waals surface area (Å²) in [4.78, 5) is 5.03. The Hall–Kier alpha value is -0.120. The van der Waals surface area contributed by atoms with Gasteiger partial charge < -0.3 is 10.2 Å². The van der Waals surface area contributed by atoms with Gasteiger partial charge in [0.05, 0.1) is 0 Å². The van der Waals surface area contributed by atoms with Crippen LogP contribution < -0.4 is 5.32 Å². The summed E-state index contributed by atoms with van der Waals surface area (Å²) in [6.07, 6.45) is 3.97. The van der Waals surface area contributed by atoms with Gasteiger partial charge in [0, 0.05) is 25.7 Å². The summed E-state index contributed by atoms with van der Waals surface area (Å²) in [6, 6.07) is 0.769. The lowest BCUT2D eigenvalue weighted by Crippen LogP contribution is -2.45. The van der Waals surface area contributed by atoms with Crippen molar-refractivity contribution in [3.8, 4) is 0 Å². The van der Waals surface area contributed by atoms with Crippen LogP contribution in [-0.4, -0.2) is 62.7 Å². The third-order valence-corrected chi connectivity index (χ3v) is 3.74. The molecule has 3 heteroatoms. The molecule has 0 amide bonds. The van der Waals surface area contributed by atoms with Crippen LogP contribution in [0.3, 0.4) is 0 Å². The average Bonchev–Trinajstić information content (AvgIpc) is 2.64. The van der Waals surface area contributed by atoms with Crippen molar-refractivity contribution in [1.29, 1.82) is 0 Å². The topological polar surface area (TPSA) is 18.5 Å². The second-order valence-corrected chi connectivity index (χ2v) is 6.87. The minimum atomic E-state index is 0.379. The molecule has 0 aromatic heterocycles. The Labute approximate surface area is 114 Å². The smallest absolute Gasteiger partial charge is 0.0223 e. The Balaban J connectivity index is 2.38. The molecule has 0 aromatic carbocycles. The monoisotopic (exact) mass is 255 g/mol. The van der Waals surface area contributed by atoms with E-state index in [0.29, 0.717) is 5.41 Å². The van der Waals surface area contributed by atoms with Gasteiger partial charge in [-0.25, -0.2) is 0 Å². The van der Waals surface area contributed by atoms with Gasteiger partial charge in [0.2, 0.25) is 0 Å². The fourth-order valence-corrected chi connectivity index (χ4v) is 2.94. The summed E-state index contributed by atoms with van der Waals surface area (Å²) >= 11 is 0. The zero-order valence-corrected chi connectivity index (χ0v) is 13.1. The lowest BCUT2D eigenvalue weighted by Gasteiger charge is -2.35. The van der Waals surface area contributed by atoms with Crippen molar-refractivity contribution in [3.63, 3.8) is 0 Å². The minimum absolute atomic E-state index is 0.379. The van der Waals surface area contributed by atoms with Crippen molar-refractivity contribution < 1.29 is 0 Å². The van der Waals surface area contributed by atoms with Gasteiger partial charge in [-0.3, -0.25) is 4.90 Å². The second kappa shape index (κ2) is 7.46. The Morgan fingerprint density at radius 2 is 2.06 bits per heavy atom. The van der Waals surface area contributed by atoms with E-state index in [0.717, 1.165) is 19.1 Å².